The van der Waals surface area contributed by atoms with Gasteiger partial charge in [-0.1, -0.05) is 18.2 Å². The van der Waals surface area contributed by atoms with Gasteiger partial charge in [0, 0.05) is 49.2 Å². The van der Waals surface area contributed by atoms with Gasteiger partial charge in [0.2, 0.25) is 0 Å². The number of amides is 1. The van der Waals surface area contributed by atoms with Crippen molar-refractivity contribution in [1.29, 1.82) is 0 Å². The van der Waals surface area contributed by atoms with Crippen LogP contribution in [0.2, 0.25) is 0 Å². The minimum Gasteiger partial charge on any atom is -0.397 e. The van der Waals surface area contributed by atoms with Crippen LogP contribution in [0.3, 0.4) is 0 Å². The van der Waals surface area contributed by atoms with Crippen molar-refractivity contribution in [2.45, 2.75) is 0 Å². The third kappa shape index (κ3) is 6.48. The molecule has 0 fully saturated rings. The van der Waals surface area contributed by atoms with Gasteiger partial charge in [0.25, 0.3) is 5.91 Å². The topological polar surface area (TPSA) is 89.7 Å². The third-order valence-electron chi connectivity index (χ3n) is 5.90. The van der Waals surface area contributed by atoms with E-state index in [1.165, 1.54) is 0 Å². The highest BCUT2D eigenvalue weighted by Crippen LogP contribution is 2.25. The molecule has 9 heteroatoms. The molecule has 38 heavy (non-hydrogen) atoms. The van der Waals surface area contributed by atoms with E-state index < -0.39 is 0 Å². The van der Waals surface area contributed by atoms with Crippen LogP contribution in [0.15, 0.2) is 114 Å². The van der Waals surface area contributed by atoms with Gasteiger partial charge >= 0.3 is 0 Å². The molecule has 0 saturated carbocycles. The zero-order valence-corrected chi connectivity index (χ0v) is 24.3. The summed E-state index contributed by atoms with van der Waals surface area (Å²) in [6.07, 6.45) is 5.86. The molecule has 5 aromatic rings. The Kier molecular flexibility index (Phi) is 9.44. The van der Waals surface area contributed by atoms with E-state index in [4.69, 9.17) is 10.7 Å². The van der Waals surface area contributed by atoms with Crippen LogP contribution in [0.1, 0.15) is 10.4 Å². The fourth-order valence-electron chi connectivity index (χ4n) is 3.92. The van der Waals surface area contributed by atoms with Crippen LogP contribution in [-0.2, 0) is 14.1 Å². The van der Waals surface area contributed by atoms with Gasteiger partial charge < -0.3 is 20.2 Å². The average molecular weight is 636 g/mol. The van der Waals surface area contributed by atoms with E-state index in [0.29, 0.717) is 22.6 Å². The number of aromatic nitrogens is 2. The van der Waals surface area contributed by atoms with Gasteiger partial charge in [-0.05, 0) is 66.7 Å². The van der Waals surface area contributed by atoms with Crippen LogP contribution in [-0.4, -0.2) is 15.0 Å². The Hall–Kier alpha value is -3.95. The summed E-state index contributed by atoms with van der Waals surface area (Å²) in [6, 6.07) is 26.5. The van der Waals surface area contributed by atoms with Crippen LogP contribution in [0.5, 0.6) is 0 Å². The first kappa shape index (κ1) is 28.6. The third-order valence-corrected chi connectivity index (χ3v) is 5.90. The first-order chi connectivity index (χ1) is 17.5. The van der Waals surface area contributed by atoms with E-state index in [-0.39, 0.29) is 39.9 Å². The van der Waals surface area contributed by atoms with Crippen molar-refractivity contribution in [1.82, 2.24) is 9.13 Å². The highest BCUT2D eigenvalue weighted by molar-refractivity contribution is 8.93. The second kappa shape index (κ2) is 12.5. The number of nitrogens with two attached hydrogens (primary N) is 1. The molecule has 3 N–H and O–H groups in total. The number of nitrogen functional groups attached to an aromatic ring is 1. The van der Waals surface area contributed by atoms with E-state index in [1.54, 1.807) is 24.3 Å². The Bertz CT molecular complexity index is 1700. The zero-order chi connectivity index (χ0) is 25.1. The lowest BCUT2D eigenvalue weighted by molar-refractivity contribution is 0.102. The molecule has 3 aromatic carbocycles. The van der Waals surface area contributed by atoms with Gasteiger partial charge in [0.15, 0.2) is 0 Å². The molecule has 0 atom stereocenters. The van der Waals surface area contributed by atoms with Gasteiger partial charge in [-0.3, -0.25) is 4.79 Å². The van der Waals surface area contributed by atoms with E-state index in [0.717, 1.165) is 27.3 Å². The van der Waals surface area contributed by atoms with Crippen molar-refractivity contribution in [3.8, 4) is 0 Å². The Morgan fingerprint density at radius 2 is 1.47 bits per heavy atom. The molecule has 0 aliphatic rings. The van der Waals surface area contributed by atoms with Crippen LogP contribution >= 0.6 is 34.0 Å². The number of nitrogens with one attached hydrogen (secondary N) is 1. The van der Waals surface area contributed by atoms with Gasteiger partial charge in [-0.2, -0.15) is 0 Å². The molecule has 1 amide bonds. The number of anilines is 2. The number of nitrogens with zero attached hydrogens (tertiary/aromatic N) is 4. The van der Waals surface area contributed by atoms with Crippen LogP contribution in [0.25, 0.3) is 10.9 Å². The van der Waals surface area contributed by atoms with Crippen LogP contribution in [0, 0.1) is 0 Å². The summed E-state index contributed by atoms with van der Waals surface area (Å²) in [5, 5.41) is 5.64. The molecule has 0 bridgehead atoms. The summed E-state index contributed by atoms with van der Waals surface area (Å²) >= 11 is 0. The van der Waals surface area contributed by atoms with Crippen molar-refractivity contribution in [2.24, 2.45) is 24.1 Å². The zero-order valence-electron chi connectivity index (χ0n) is 20.9. The Morgan fingerprint density at radius 1 is 0.789 bits per heavy atom. The first-order valence-corrected chi connectivity index (χ1v) is 11.5. The van der Waals surface area contributed by atoms with Crippen molar-refractivity contribution in [3.05, 3.63) is 120 Å². The first-order valence-electron chi connectivity index (χ1n) is 11.5. The normalized spacial score (nSPS) is 10.8. The summed E-state index contributed by atoms with van der Waals surface area (Å²) in [7, 11) is 3.96. The molecular weight excluding hydrogens is 608 g/mol. The number of pyridine rings is 2. The molecule has 194 valence electrons. The maximum atomic E-state index is 12.8. The van der Waals surface area contributed by atoms with E-state index >= 15 is 0 Å². The number of hydrogen-bond acceptors (Lipinski definition) is 4. The number of halogens is 2. The van der Waals surface area contributed by atoms with Crippen LogP contribution < -0.4 is 21.8 Å². The van der Waals surface area contributed by atoms with Gasteiger partial charge in [0.05, 0.1) is 33.5 Å². The van der Waals surface area contributed by atoms with E-state index in [1.807, 2.05) is 91.9 Å². The molecule has 5 rings (SSSR count). The maximum Gasteiger partial charge on any atom is 0.255 e. The lowest BCUT2D eigenvalue weighted by Crippen LogP contribution is -2.13. The monoisotopic (exact) mass is 634 g/mol. The molecular formula is C29H28Br2N6O. The lowest BCUT2D eigenvalue weighted by Gasteiger charge is -2.09. The number of para-hydroxylation sites is 1. The maximum absolute atomic E-state index is 12.8. The fraction of sp³-hybridized carbons (Fsp3) is 0.0690. The smallest absolute Gasteiger partial charge is 0.255 e. The number of rotatable bonds is 4. The average Bonchev–Trinajstić information content (AvgIpc) is 2.89. The van der Waals surface area contributed by atoms with Gasteiger partial charge in [-0.25, -0.2) is 9.98 Å². The highest BCUT2D eigenvalue weighted by atomic mass is 79.9. The van der Waals surface area contributed by atoms with Gasteiger partial charge in [-0.15, -0.1) is 34.0 Å². The molecule has 7 nitrogen and oxygen atoms in total. The number of fused-ring (bicyclic) bond motifs is 1. The highest BCUT2D eigenvalue weighted by Gasteiger charge is 2.09. The second-order valence-electron chi connectivity index (χ2n) is 8.55. The molecule has 0 unspecified atom stereocenters. The number of hydrogen-bond donors (Lipinski definition) is 2. The number of benzene rings is 3. The molecule has 0 radical (unpaired) electrons. The standard InChI is InChI=1S/C29H26N6O.2BrH/c1-34-16-13-22(14-17-34)31-21-9-7-20(8-10-21)29(36)33-27-12-11-23(19-25(27)30)32-26-15-18-35(2)28-6-4-3-5-24(26)28;;/h3-19H,30H2,1-2H3,(H,33,36);2*1H. The number of carbonyl (C=O) groups excluding carboxylic acids is 1. The molecule has 0 aliphatic heterocycles. The quantitative estimate of drug-likeness (QED) is 0.238. The predicted octanol–water partition coefficient (Wildman–Crippen LogP) is 5.97. The molecule has 2 heterocycles. The van der Waals surface area contributed by atoms with E-state index in [2.05, 4.69) is 20.9 Å². The van der Waals surface area contributed by atoms with Crippen molar-refractivity contribution < 1.29 is 4.79 Å². The van der Waals surface area contributed by atoms with Gasteiger partial charge in [0.1, 0.15) is 0 Å². The lowest BCUT2D eigenvalue weighted by atomic mass is 10.1. The minimum atomic E-state index is -0.244. The summed E-state index contributed by atoms with van der Waals surface area (Å²) in [4.78, 5) is 22.2. The number of aryl methyl sites for hydroxylation is 2. The Balaban J connectivity index is 0.00000200. The van der Waals surface area contributed by atoms with Crippen molar-refractivity contribution in [2.75, 3.05) is 11.1 Å². The summed E-state index contributed by atoms with van der Waals surface area (Å²) in [5.41, 5.74) is 10.3. The Labute approximate surface area is 241 Å². The molecule has 0 aliphatic carbocycles. The summed E-state index contributed by atoms with van der Waals surface area (Å²) in [6.45, 7) is 0. The van der Waals surface area contributed by atoms with Crippen molar-refractivity contribution in [3.63, 3.8) is 0 Å². The summed E-state index contributed by atoms with van der Waals surface area (Å²) < 4.78 is 4.01. The summed E-state index contributed by atoms with van der Waals surface area (Å²) in [5.74, 6) is -0.244. The molecule has 0 spiro atoms. The van der Waals surface area contributed by atoms with Crippen molar-refractivity contribution >= 4 is 73.5 Å². The van der Waals surface area contributed by atoms with Crippen LogP contribution in [0.4, 0.5) is 22.7 Å². The molecule has 2 aromatic heterocycles. The SMILES string of the molecule is Br.Br.Cn1ccc(=Nc2ccc(C(=O)Nc3ccc(N=c4ccn(C)c5ccccc45)cc3N)cc2)cc1. The number of carbonyl (C=O) groups is 1. The molecule has 0 saturated heterocycles. The minimum absolute atomic E-state index is 0. The second-order valence-corrected chi connectivity index (χ2v) is 8.55. The largest absolute Gasteiger partial charge is 0.397 e. The fourth-order valence-corrected chi connectivity index (χ4v) is 3.92. The Morgan fingerprint density at radius 3 is 2.18 bits per heavy atom. The van der Waals surface area contributed by atoms with E-state index in [9.17, 15) is 4.79 Å². The predicted molar refractivity (Wildman–Crippen MR) is 165 cm³/mol.